The first-order valence-electron chi connectivity index (χ1n) is 7.10. The first-order valence-corrected chi connectivity index (χ1v) is 7.86. The summed E-state index contributed by atoms with van der Waals surface area (Å²) < 4.78 is 0. The van der Waals surface area contributed by atoms with Crippen molar-refractivity contribution < 1.29 is 10.2 Å². The van der Waals surface area contributed by atoms with Crippen LogP contribution >= 0.6 is 35.6 Å². The molecule has 1 fully saturated rings. The maximum absolute atomic E-state index is 10.4. The highest BCUT2D eigenvalue weighted by molar-refractivity contribution is 6.35. The van der Waals surface area contributed by atoms with Gasteiger partial charge in [0, 0.05) is 54.8 Å². The van der Waals surface area contributed by atoms with Crippen LogP contribution in [-0.2, 0) is 0 Å². The highest BCUT2D eigenvalue weighted by atomic mass is 35.5. The van der Waals surface area contributed by atoms with E-state index in [0.29, 0.717) is 10.6 Å². The van der Waals surface area contributed by atoms with Gasteiger partial charge in [-0.15, -0.1) is 12.4 Å². The standard InChI is InChI=1S/C15H22Cl2N2O2.ClH/c1-15(2,9-20)14(19-5-3-18-4-6-19)11-7-10(16)8-12(17)13(11)21;/h7-8,14,18,20-21H,3-6,9H2,1-2H3;1H/t14-;/m1./s1. The van der Waals surface area contributed by atoms with Gasteiger partial charge < -0.3 is 15.5 Å². The van der Waals surface area contributed by atoms with Crippen molar-refractivity contribution in [3.63, 3.8) is 0 Å². The molecule has 7 heteroatoms. The Morgan fingerprint density at radius 2 is 1.86 bits per heavy atom. The minimum Gasteiger partial charge on any atom is -0.506 e. The lowest BCUT2D eigenvalue weighted by molar-refractivity contribution is 0.0293. The molecule has 22 heavy (non-hydrogen) atoms. The van der Waals surface area contributed by atoms with Crippen LogP contribution in [0.4, 0.5) is 0 Å². The van der Waals surface area contributed by atoms with Gasteiger partial charge in [-0.1, -0.05) is 37.0 Å². The van der Waals surface area contributed by atoms with E-state index in [1.165, 1.54) is 6.07 Å². The molecule has 3 N–H and O–H groups in total. The van der Waals surface area contributed by atoms with Crippen LogP contribution in [0.15, 0.2) is 12.1 Å². The Labute approximate surface area is 147 Å². The van der Waals surface area contributed by atoms with Crippen LogP contribution in [-0.4, -0.2) is 47.9 Å². The maximum atomic E-state index is 10.4. The molecule has 0 bridgehead atoms. The molecule has 1 heterocycles. The zero-order chi connectivity index (χ0) is 15.6. The number of benzene rings is 1. The zero-order valence-corrected chi connectivity index (χ0v) is 15.1. The van der Waals surface area contributed by atoms with E-state index >= 15 is 0 Å². The van der Waals surface area contributed by atoms with E-state index in [0.717, 1.165) is 26.2 Å². The number of nitrogens with zero attached hydrogens (tertiary/aromatic N) is 1. The van der Waals surface area contributed by atoms with Gasteiger partial charge in [-0.05, 0) is 12.1 Å². The molecule has 2 rings (SSSR count). The summed E-state index contributed by atoms with van der Waals surface area (Å²) >= 11 is 12.2. The summed E-state index contributed by atoms with van der Waals surface area (Å²) in [5.74, 6) is 0.0473. The van der Waals surface area contributed by atoms with Gasteiger partial charge in [-0.3, -0.25) is 4.90 Å². The summed E-state index contributed by atoms with van der Waals surface area (Å²) in [6, 6.07) is 3.12. The van der Waals surface area contributed by atoms with Gasteiger partial charge in [0.1, 0.15) is 5.75 Å². The normalized spacial score (nSPS) is 17.9. The van der Waals surface area contributed by atoms with Gasteiger partial charge in [0.2, 0.25) is 0 Å². The number of hydrogen-bond acceptors (Lipinski definition) is 4. The highest BCUT2D eigenvalue weighted by Crippen LogP contribution is 2.45. The van der Waals surface area contributed by atoms with Crippen molar-refractivity contribution in [1.82, 2.24) is 10.2 Å². The van der Waals surface area contributed by atoms with Crippen LogP contribution in [0.2, 0.25) is 10.0 Å². The molecule has 0 radical (unpaired) electrons. The van der Waals surface area contributed by atoms with E-state index in [9.17, 15) is 10.2 Å². The molecule has 1 aromatic carbocycles. The summed E-state index contributed by atoms with van der Waals surface area (Å²) in [5.41, 5.74) is 0.247. The molecular formula is C15H23Cl3N2O2. The number of piperazine rings is 1. The molecule has 0 aromatic heterocycles. The Bertz CT molecular complexity index is 506. The lowest BCUT2D eigenvalue weighted by Gasteiger charge is -2.43. The number of halogens is 3. The Kier molecular flexibility index (Phi) is 7.24. The second-order valence-corrected chi connectivity index (χ2v) is 7.00. The van der Waals surface area contributed by atoms with Crippen molar-refractivity contribution in [2.24, 2.45) is 5.41 Å². The van der Waals surface area contributed by atoms with E-state index in [2.05, 4.69) is 10.2 Å². The molecule has 1 aliphatic rings. The second-order valence-electron chi connectivity index (χ2n) is 6.16. The minimum absolute atomic E-state index is 0. The van der Waals surface area contributed by atoms with Crippen molar-refractivity contribution >= 4 is 35.6 Å². The minimum atomic E-state index is -0.428. The van der Waals surface area contributed by atoms with Gasteiger partial charge >= 0.3 is 0 Å². The molecule has 0 saturated carbocycles. The third-order valence-corrected chi connectivity index (χ3v) is 4.52. The highest BCUT2D eigenvalue weighted by Gasteiger charge is 2.37. The number of hydrogen-bond donors (Lipinski definition) is 3. The molecule has 4 nitrogen and oxygen atoms in total. The van der Waals surface area contributed by atoms with Crippen molar-refractivity contribution in [3.05, 3.63) is 27.7 Å². The first kappa shape index (κ1) is 19.8. The third kappa shape index (κ3) is 4.19. The van der Waals surface area contributed by atoms with Crippen LogP contribution in [0, 0.1) is 5.41 Å². The Balaban J connectivity index is 0.00000242. The smallest absolute Gasteiger partial charge is 0.139 e. The van der Waals surface area contributed by atoms with Crippen molar-refractivity contribution in [1.29, 1.82) is 0 Å². The molecule has 0 unspecified atom stereocenters. The zero-order valence-electron chi connectivity index (χ0n) is 12.8. The van der Waals surface area contributed by atoms with Crippen molar-refractivity contribution in [2.75, 3.05) is 32.8 Å². The lowest BCUT2D eigenvalue weighted by Crippen LogP contribution is -2.49. The fourth-order valence-corrected chi connectivity index (χ4v) is 3.44. The molecule has 0 amide bonds. The van der Waals surface area contributed by atoms with Crippen molar-refractivity contribution in [2.45, 2.75) is 19.9 Å². The van der Waals surface area contributed by atoms with Gasteiger partial charge in [0.15, 0.2) is 0 Å². The summed E-state index contributed by atoms with van der Waals surface area (Å²) in [6.07, 6.45) is 0. The predicted octanol–water partition coefficient (Wildman–Crippen LogP) is 3.09. The number of aliphatic hydroxyl groups excluding tert-OH is 1. The third-order valence-electron chi connectivity index (χ3n) is 4.02. The van der Waals surface area contributed by atoms with Crippen LogP contribution in [0.1, 0.15) is 25.5 Å². The summed E-state index contributed by atoms with van der Waals surface area (Å²) in [4.78, 5) is 2.26. The molecule has 0 aliphatic carbocycles. The number of phenolic OH excluding ortho intramolecular Hbond substituents is 1. The van der Waals surface area contributed by atoms with Crippen LogP contribution in [0.25, 0.3) is 0 Å². The second kappa shape index (κ2) is 8.04. The fourth-order valence-electron chi connectivity index (χ4n) is 2.93. The van der Waals surface area contributed by atoms with E-state index in [1.807, 2.05) is 13.8 Å². The topological polar surface area (TPSA) is 55.7 Å². The predicted molar refractivity (Wildman–Crippen MR) is 93.4 cm³/mol. The number of aliphatic hydroxyl groups is 1. The number of aromatic hydroxyl groups is 1. The fraction of sp³-hybridized carbons (Fsp3) is 0.600. The van der Waals surface area contributed by atoms with E-state index in [-0.39, 0.29) is 35.8 Å². The van der Waals surface area contributed by atoms with Crippen LogP contribution in [0.5, 0.6) is 5.75 Å². The van der Waals surface area contributed by atoms with Gasteiger partial charge in [0.05, 0.1) is 5.02 Å². The monoisotopic (exact) mass is 368 g/mol. The largest absolute Gasteiger partial charge is 0.506 e. The molecular weight excluding hydrogens is 347 g/mol. The van der Waals surface area contributed by atoms with E-state index in [4.69, 9.17) is 23.2 Å². The van der Waals surface area contributed by atoms with Crippen LogP contribution in [0.3, 0.4) is 0 Å². The Hall–Kier alpha value is -0.230. The number of rotatable bonds is 4. The quantitative estimate of drug-likeness (QED) is 0.763. The van der Waals surface area contributed by atoms with Crippen molar-refractivity contribution in [3.8, 4) is 5.75 Å². The molecule has 1 saturated heterocycles. The molecule has 1 atom stereocenters. The summed E-state index contributed by atoms with van der Waals surface area (Å²) in [5, 5.41) is 24.2. The average molecular weight is 370 g/mol. The number of phenols is 1. The van der Waals surface area contributed by atoms with Gasteiger partial charge in [-0.2, -0.15) is 0 Å². The van der Waals surface area contributed by atoms with E-state index in [1.54, 1.807) is 6.07 Å². The Morgan fingerprint density at radius 1 is 1.27 bits per heavy atom. The summed E-state index contributed by atoms with van der Waals surface area (Å²) in [6.45, 7) is 7.42. The maximum Gasteiger partial charge on any atom is 0.139 e. The Morgan fingerprint density at radius 3 is 2.41 bits per heavy atom. The van der Waals surface area contributed by atoms with Gasteiger partial charge in [0.25, 0.3) is 0 Å². The lowest BCUT2D eigenvalue weighted by atomic mass is 9.79. The molecule has 0 spiro atoms. The van der Waals surface area contributed by atoms with E-state index < -0.39 is 5.41 Å². The number of nitrogens with one attached hydrogen (secondary N) is 1. The average Bonchev–Trinajstić information content (AvgIpc) is 2.45. The molecule has 1 aliphatic heterocycles. The first-order chi connectivity index (χ1) is 9.86. The van der Waals surface area contributed by atoms with Crippen LogP contribution < -0.4 is 5.32 Å². The molecule has 1 aromatic rings. The summed E-state index contributed by atoms with van der Waals surface area (Å²) in [7, 11) is 0. The molecule has 126 valence electrons. The van der Waals surface area contributed by atoms with Gasteiger partial charge in [-0.25, -0.2) is 0 Å². The SMILES string of the molecule is CC(C)(CO)[C@@H](c1cc(Cl)cc(Cl)c1O)N1CCNCC1.Cl.